The third kappa shape index (κ3) is 3.23. The molecule has 27 heavy (non-hydrogen) atoms. The van der Waals surface area contributed by atoms with Crippen molar-refractivity contribution in [2.75, 3.05) is 31.1 Å². The minimum Gasteiger partial charge on any atom is -0.353 e. The van der Waals surface area contributed by atoms with E-state index in [1.807, 2.05) is 11.3 Å². The summed E-state index contributed by atoms with van der Waals surface area (Å²) in [5.74, 6) is 1.18. The van der Waals surface area contributed by atoms with Crippen LogP contribution in [0.15, 0.2) is 30.6 Å². The van der Waals surface area contributed by atoms with Crippen molar-refractivity contribution in [2.45, 2.75) is 39.2 Å². The first kappa shape index (κ1) is 17.1. The zero-order chi connectivity index (χ0) is 18.2. The molecule has 1 saturated heterocycles. The lowest BCUT2D eigenvalue weighted by molar-refractivity contribution is 0.249. The van der Waals surface area contributed by atoms with Crippen LogP contribution < -0.4 is 4.90 Å². The summed E-state index contributed by atoms with van der Waals surface area (Å²) in [6.07, 6.45) is 6.81. The third-order valence-corrected chi connectivity index (χ3v) is 7.26. The van der Waals surface area contributed by atoms with Gasteiger partial charge in [0.1, 0.15) is 17.0 Å². The molecule has 3 heterocycles. The van der Waals surface area contributed by atoms with Crippen LogP contribution in [0.3, 0.4) is 0 Å². The fourth-order valence-electron chi connectivity index (χ4n) is 4.46. The number of thiophene rings is 1. The van der Waals surface area contributed by atoms with Crippen LogP contribution in [0, 0.1) is 6.92 Å². The Balaban J connectivity index is 1.35. The average Bonchev–Trinajstić information content (AvgIpc) is 3.09. The van der Waals surface area contributed by atoms with Gasteiger partial charge in [0.05, 0.1) is 5.39 Å². The Hall–Kier alpha value is -1.98. The molecule has 0 amide bonds. The summed E-state index contributed by atoms with van der Waals surface area (Å²) >= 11 is 1.89. The minimum absolute atomic E-state index is 1.04. The Morgan fingerprint density at radius 2 is 1.81 bits per heavy atom. The molecule has 1 aliphatic carbocycles. The van der Waals surface area contributed by atoms with Crippen LogP contribution >= 0.6 is 11.3 Å². The second kappa shape index (κ2) is 7.21. The Bertz CT molecular complexity index is 956. The van der Waals surface area contributed by atoms with Gasteiger partial charge >= 0.3 is 0 Å². The lowest BCUT2D eigenvalue weighted by Gasteiger charge is -2.36. The van der Waals surface area contributed by atoms with Crippen LogP contribution in [0.2, 0.25) is 0 Å². The quantitative estimate of drug-likeness (QED) is 0.684. The molecule has 0 radical (unpaired) electrons. The summed E-state index contributed by atoms with van der Waals surface area (Å²) in [5, 5.41) is 1.35. The Morgan fingerprint density at radius 3 is 2.67 bits per heavy atom. The lowest BCUT2D eigenvalue weighted by atomic mass is 9.97. The number of aromatic nitrogens is 2. The van der Waals surface area contributed by atoms with Gasteiger partial charge in [-0.15, -0.1) is 11.3 Å². The summed E-state index contributed by atoms with van der Waals surface area (Å²) < 4.78 is 0. The van der Waals surface area contributed by atoms with Gasteiger partial charge in [-0.2, -0.15) is 0 Å². The van der Waals surface area contributed by atoms with E-state index >= 15 is 0 Å². The zero-order valence-corrected chi connectivity index (χ0v) is 16.8. The van der Waals surface area contributed by atoms with Gasteiger partial charge in [0, 0.05) is 37.6 Å². The predicted molar refractivity (Wildman–Crippen MR) is 113 cm³/mol. The van der Waals surface area contributed by atoms with E-state index in [4.69, 9.17) is 4.98 Å². The van der Waals surface area contributed by atoms with Gasteiger partial charge in [-0.1, -0.05) is 24.3 Å². The van der Waals surface area contributed by atoms with E-state index in [0.29, 0.717) is 0 Å². The minimum atomic E-state index is 1.04. The van der Waals surface area contributed by atoms with Crippen molar-refractivity contribution in [1.29, 1.82) is 0 Å². The van der Waals surface area contributed by atoms with Crippen LogP contribution in [-0.4, -0.2) is 41.0 Å². The van der Waals surface area contributed by atoms with Gasteiger partial charge in [-0.25, -0.2) is 9.97 Å². The molecule has 140 valence electrons. The van der Waals surface area contributed by atoms with E-state index in [0.717, 1.165) is 32.7 Å². The highest BCUT2D eigenvalue weighted by Gasteiger charge is 2.25. The van der Waals surface area contributed by atoms with Gasteiger partial charge in [-0.05, 0) is 49.3 Å². The molecule has 0 saturated carbocycles. The number of rotatable bonds is 3. The summed E-state index contributed by atoms with van der Waals surface area (Å²) in [6.45, 7) is 7.53. The molecule has 1 aromatic carbocycles. The van der Waals surface area contributed by atoms with E-state index in [2.05, 4.69) is 46.0 Å². The molecule has 0 atom stereocenters. The zero-order valence-electron chi connectivity index (χ0n) is 15.9. The van der Waals surface area contributed by atoms with E-state index in [9.17, 15) is 0 Å². The maximum absolute atomic E-state index is 4.74. The largest absolute Gasteiger partial charge is 0.353 e. The molecule has 5 rings (SSSR count). The number of piperazine rings is 1. The van der Waals surface area contributed by atoms with E-state index in [-0.39, 0.29) is 0 Å². The van der Waals surface area contributed by atoms with E-state index < -0.39 is 0 Å². The van der Waals surface area contributed by atoms with Gasteiger partial charge in [-0.3, -0.25) is 4.90 Å². The van der Waals surface area contributed by atoms with Crippen LogP contribution in [0.4, 0.5) is 5.82 Å². The summed E-state index contributed by atoms with van der Waals surface area (Å²) in [6, 6.07) is 8.74. The SMILES string of the molecule is Cc1ccccc1CN1CCN(c2ncnc3sc4c(c23)CCCC4)CC1. The van der Waals surface area contributed by atoms with E-state index in [1.165, 1.54) is 52.8 Å². The van der Waals surface area contributed by atoms with Gasteiger partial charge in [0.2, 0.25) is 0 Å². The maximum atomic E-state index is 4.74. The van der Waals surface area contributed by atoms with Crippen molar-refractivity contribution in [3.05, 3.63) is 52.2 Å². The molecule has 5 heteroatoms. The molecule has 0 unspecified atom stereocenters. The normalized spacial score (nSPS) is 18.0. The molecule has 2 aromatic heterocycles. The molecule has 0 spiro atoms. The molecule has 2 aliphatic rings. The number of hydrogen-bond donors (Lipinski definition) is 0. The lowest BCUT2D eigenvalue weighted by Crippen LogP contribution is -2.46. The predicted octanol–water partition coefficient (Wildman–Crippen LogP) is 4.20. The summed E-state index contributed by atoms with van der Waals surface area (Å²) in [7, 11) is 0. The second-order valence-electron chi connectivity index (χ2n) is 7.78. The van der Waals surface area contributed by atoms with Crippen LogP contribution in [0.1, 0.15) is 34.4 Å². The van der Waals surface area contributed by atoms with Crippen LogP contribution in [0.25, 0.3) is 10.2 Å². The smallest absolute Gasteiger partial charge is 0.141 e. The fourth-order valence-corrected chi connectivity index (χ4v) is 5.68. The number of anilines is 1. The Morgan fingerprint density at radius 1 is 1.00 bits per heavy atom. The molecular formula is C22H26N4S. The Kier molecular flexibility index (Phi) is 4.58. The fraction of sp³-hybridized carbons (Fsp3) is 0.455. The number of hydrogen-bond acceptors (Lipinski definition) is 5. The number of aryl methyl sites for hydroxylation is 3. The van der Waals surface area contributed by atoms with Gasteiger partial charge < -0.3 is 4.90 Å². The van der Waals surface area contributed by atoms with Crippen molar-refractivity contribution in [3.8, 4) is 0 Å². The van der Waals surface area contributed by atoms with Crippen molar-refractivity contribution in [2.24, 2.45) is 0 Å². The summed E-state index contributed by atoms with van der Waals surface area (Å²) in [4.78, 5) is 17.1. The van der Waals surface area contributed by atoms with Crippen molar-refractivity contribution < 1.29 is 0 Å². The molecule has 4 nitrogen and oxygen atoms in total. The van der Waals surface area contributed by atoms with Crippen molar-refractivity contribution in [1.82, 2.24) is 14.9 Å². The van der Waals surface area contributed by atoms with Gasteiger partial charge in [0.25, 0.3) is 0 Å². The average molecular weight is 379 g/mol. The third-order valence-electron chi connectivity index (χ3n) is 6.06. The Labute approximate surface area is 164 Å². The highest BCUT2D eigenvalue weighted by Crippen LogP contribution is 2.39. The first-order valence-corrected chi connectivity index (χ1v) is 10.9. The first-order chi connectivity index (χ1) is 13.3. The van der Waals surface area contributed by atoms with Crippen molar-refractivity contribution >= 4 is 27.4 Å². The summed E-state index contributed by atoms with van der Waals surface area (Å²) in [5.41, 5.74) is 4.38. The monoisotopic (exact) mass is 378 g/mol. The highest BCUT2D eigenvalue weighted by atomic mass is 32.1. The van der Waals surface area contributed by atoms with Crippen LogP contribution in [0.5, 0.6) is 0 Å². The topological polar surface area (TPSA) is 32.3 Å². The first-order valence-electron chi connectivity index (χ1n) is 10.1. The maximum Gasteiger partial charge on any atom is 0.141 e. The highest BCUT2D eigenvalue weighted by molar-refractivity contribution is 7.19. The second-order valence-corrected chi connectivity index (χ2v) is 8.86. The number of fused-ring (bicyclic) bond motifs is 3. The molecule has 1 fully saturated rings. The molecular weight excluding hydrogens is 352 g/mol. The standard InChI is InChI=1S/C22H26N4S/c1-16-6-2-3-7-17(16)14-25-10-12-26(13-11-25)21-20-18-8-4-5-9-19(18)27-22(20)24-15-23-21/h2-3,6-7,15H,4-5,8-14H2,1H3. The number of benzene rings is 1. The molecule has 0 N–H and O–H groups in total. The van der Waals surface area contributed by atoms with Crippen LogP contribution in [-0.2, 0) is 19.4 Å². The molecule has 0 bridgehead atoms. The van der Waals surface area contributed by atoms with Crippen molar-refractivity contribution in [3.63, 3.8) is 0 Å². The van der Waals surface area contributed by atoms with E-state index in [1.54, 1.807) is 16.8 Å². The molecule has 3 aromatic rings. The number of nitrogens with zero attached hydrogens (tertiary/aromatic N) is 4. The molecule has 1 aliphatic heterocycles. The van der Waals surface area contributed by atoms with Gasteiger partial charge in [0.15, 0.2) is 0 Å².